The van der Waals surface area contributed by atoms with Crippen LogP contribution < -0.4 is 5.32 Å². The molecule has 3 aliphatic rings. The molecule has 1 aliphatic heterocycles. The minimum Gasteiger partial charge on any atom is -0.349 e. The summed E-state index contributed by atoms with van der Waals surface area (Å²) in [5, 5.41) is 9.31. The van der Waals surface area contributed by atoms with E-state index in [4.69, 9.17) is 0 Å². The summed E-state index contributed by atoms with van der Waals surface area (Å²) in [5.41, 5.74) is 1.58. The standard InChI is InChI=1S/C26H32FN5OS/c1-31-15-20-19(3-2-4-21(20)30-31)24(33)28-18-7-5-17(6-8-18)9-13-32-14-10-23-22(16-32)29-25(34-23)26(27)11-12-26/h2-4,15,17-18H,5-14,16H2,1H3,(H,28,33)/t17-,18-. The average Bonchev–Trinajstić information content (AvgIpc) is 3.26. The fourth-order valence-electron chi connectivity index (χ4n) is 5.54. The lowest BCUT2D eigenvalue weighted by Gasteiger charge is -2.32. The second-order valence-electron chi connectivity index (χ2n) is 10.4. The smallest absolute Gasteiger partial charge is 0.252 e. The Balaban J connectivity index is 0.975. The number of amides is 1. The maximum absolute atomic E-state index is 14.4. The number of carbonyl (C=O) groups excluding carboxylic acids is 1. The zero-order chi connectivity index (χ0) is 23.3. The molecule has 3 heterocycles. The zero-order valence-corrected chi connectivity index (χ0v) is 20.5. The van der Waals surface area contributed by atoms with Crippen molar-refractivity contribution in [3.63, 3.8) is 0 Å². The molecule has 0 unspecified atom stereocenters. The number of carbonyl (C=O) groups is 1. The van der Waals surface area contributed by atoms with E-state index < -0.39 is 5.67 Å². The first-order valence-corrected chi connectivity index (χ1v) is 13.4. The highest BCUT2D eigenvalue weighted by molar-refractivity contribution is 7.12. The largest absolute Gasteiger partial charge is 0.349 e. The van der Waals surface area contributed by atoms with E-state index in [9.17, 15) is 9.18 Å². The summed E-state index contributed by atoms with van der Waals surface area (Å²) in [4.78, 5) is 21.4. The molecule has 6 rings (SSSR count). The number of thiazole rings is 1. The third-order valence-electron chi connectivity index (χ3n) is 7.82. The monoisotopic (exact) mass is 481 g/mol. The lowest BCUT2D eigenvalue weighted by Crippen LogP contribution is -2.38. The predicted octanol–water partition coefficient (Wildman–Crippen LogP) is 4.73. The van der Waals surface area contributed by atoms with Crippen LogP contribution >= 0.6 is 11.3 Å². The molecule has 180 valence electrons. The highest BCUT2D eigenvalue weighted by Gasteiger charge is 2.48. The molecular weight excluding hydrogens is 449 g/mol. The van der Waals surface area contributed by atoms with E-state index in [2.05, 4.69) is 20.3 Å². The van der Waals surface area contributed by atoms with E-state index in [1.165, 1.54) is 11.3 Å². The molecule has 8 heteroatoms. The topological polar surface area (TPSA) is 63.1 Å². The van der Waals surface area contributed by atoms with Crippen LogP contribution in [0.5, 0.6) is 0 Å². The van der Waals surface area contributed by atoms with E-state index in [1.807, 2.05) is 31.4 Å². The van der Waals surface area contributed by atoms with Crippen molar-refractivity contribution < 1.29 is 9.18 Å². The zero-order valence-electron chi connectivity index (χ0n) is 19.7. The lowest BCUT2D eigenvalue weighted by atomic mass is 9.84. The fourth-order valence-corrected chi connectivity index (χ4v) is 6.74. The number of halogens is 1. The lowest BCUT2D eigenvalue weighted by molar-refractivity contribution is 0.0921. The van der Waals surface area contributed by atoms with Crippen molar-refractivity contribution in [3.05, 3.63) is 45.5 Å². The van der Waals surface area contributed by atoms with Gasteiger partial charge in [0.05, 0.1) is 16.8 Å². The Kier molecular flexibility index (Phi) is 5.68. The van der Waals surface area contributed by atoms with Gasteiger partial charge in [-0.05, 0) is 76.0 Å². The first-order valence-electron chi connectivity index (χ1n) is 12.6. The number of hydrogen-bond donors (Lipinski definition) is 1. The van der Waals surface area contributed by atoms with E-state index in [0.29, 0.717) is 24.3 Å². The van der Waals surface area contributed by atoms with Crippen molar-refractivity contribution in [2.24, 2.45) is 13.0 Å². The second-order valence-corrected chi connectivity index (χ2v) is 11.5. The summed E-state index contributed by atoms with van der Waals surface area (Å²) >= 11 is 1.61. The van der Waals surface area contributed by atoms with Crippen LogP contribution in [0.1, 0.15) is 70.9 Å². The third kappa shape index (κ3) is 4.38. The first kappa shape index (κ1) is 22.2. The van der Waals surface area contributed by atoms with Gasteiger partial charge in [0.2, 0.25) is 0 Å². The van der Waals surface area contributed by atoms with Gasteiger partial charge in [0, 0.05) is 42.6 Å². The molecule has 1 aromatic carbocycles. The average molecular weight is 482 g/mol. The Morgan fingerprint density at radius 1 is 1.26 bits per heavy atom. The first-order chi connectivity index (χ1) is 16.5. The quantitative estimate of drug-likeness (QED) is 0.553. The summed E-state index contributed by atoms with van der Waals surface area (Å²) in [5.74, 6) is 0.720. The van der Waals surface area contributed by atoms with Gasteiger partial charge in [0.15, 0.2) is 5.67 Å². The number of nitrogens with zero attached hydrogens (tertiary/aromatic N) is 4. The molecule has 3 aromatic rings. The summed E-state index contributed by atoms with van der Waals surface area (Å²) in [6.07, 6.45) is 9.80. The maximum atomic E-state index is 14.4. The van der Waals surface area contributed by atoms with E-state index in [-0.39, 0.29) is 11.9 Å². The second kappa shape index (κ2) is 8.72. The SMILES string of the molecule is Cn1cc2c(C(=O)N[C@H]3CC[C@H](CCN4CCc5sc(C6(F)CC6)nc5C4)CC3)cccc2n1. The van der Waals surface area contributed by atoms with Gasteiger partial charge in [-0.15, -0.1) is 11.3 Å². The van der Waals surface area contributed by atoms with Gasteiger partial charge in [0.25, 0.3) is 5.91 Å². The molecule has 0 atom stereocenters. The molecule has 2 aromatic heterocycles. The van der Waals surface area contributed by atoms with E-state index >= 15 is 0 Å². The Morgan fingerprint density at radius 3 is 2.88 bits per heavy atom. The summed E-state index contributed by atoms with van der Waals surface area (Å²) in [7, 11) is 1.88. The van der Waals surface area contributed by atoms with Crippen LogP contribution in [0.4, 0.5) is 4.39 Å². The Hall–Kier alpha value is -2.32. The van der Waals surface area contributed by atoms with Gasteiger partial charge in [0.1, 0.15) is 5.01 Å². The Labute approximate surface area is 203 Å². The number of hydrogen-bond acceptors (Lipinski definition) is 5. The Bertz CT molecular complexity index is 1210. The Morgan fingerprint density at radius 2 is 2.09 bits per heavy atom. The summed E-state index contributed by atoms with van der Waals surface area (Å²) in [6, 6.07) is 5.98. The van der Waals surface area contributed by atoms with Crippen molar-refractivity contribution in [2.45, 2.75) is 69.6 Å². The third-order valence-corrected chi connectivity index (χ3v) is 9.16. The van der Waals surface area contributed by atoms with Crippen molar-refractivity contribution in [1.82, 2.24) is 25.0 Å². The maximum Gasteiger partial charge on any atom is 0.252 e. The van der Waals surface area contributed by atoms with Crippen molar-refractivity contribution in [3.8, 4) is 0 Å². The van der Waals surface area contributed by atoms with Crippen molar-refractivity contribution >= 4 is 28.1 Å². The van der Waals surface area contributed by atoms with Crippen LogP contribution in [-0.4, -0.2) is 44.7 Å². The van der Waals surface area contributed by atoms with Gasteiger partial charge in [-0.3, -0.25) is 14.4 Å². The van der Waals surface area contributed by atoms with Gasteiger partial charge in [-0.1, -0.05) is 6.07 Å². The van der Waals surface area contributed by atoms with Crippen LogP contribution in [-0.2, 0) is 25.7 Å². The van der Waals surface area contributed by atoms with Gasteiger partial charge in [-0.2, -0.15) is 5.10 Å². The summed E-state index contributed by atoms with van der Waals surface area (Å²) in [6.45, 7) is 3.00. The number of rotatable bonds is 6. The van der Waals surface area contributed by atoms with E-state index in [0.717, 1.165) is 73.3 Å². The molecule has 6 nitrogen and oxygen atoms in total. The van der Waals surface area contributed by atoms with Crippen LogP contribution in [0, 0.1) is 5.92 Å². The van der Waals surface area contributed by atoms with Gasteiger partial charge < -0.3 is 5.32 Å². The highest BCUT2D eigenvalue weighted by atomic mass is 32.1. The normalized spacial score (nSPS) is 24.2. The van der Waals surface area contributed by atoms with E-state index in [1.54, 1.807) is 16.0 Å². The molecular formula is C26H32FN5OS. The highest BCUT2D eigenvalue weighted by Crippen LogP contribution is 2.51. The molecule has 1 amide bonds. The molecule has 0 spiro atoms. The number of aromatic nitrogens is 3. The van der Waals surface area contributed by atoms with Crippen LogP contribution in [0.3, 0.4) is 0 Å². The molecule has 34 heavy (non-hydrogen) atoms. The molecule has 2 aliphatic carbocycles. The molecule has 1 N–H and O–H groups in total. The fraction of sp³-hybridized carbons (Fsp3) is 0.577. The number of fused-ring (bicyclic) bond motifs is 2. The minimum atomic E-state index is -1.11. The number of alkyl halides is 1. The molecule has 0 radical (unpaired) electrons. The number of aryl methyl sites for hydroxylation is 1. The van der Waals surface area contributed by atoms with Gasteiger partial charge in [-0.25, -0.2) is 9.37 Å². The van der Waals surface area contributed by atoms with Crippen LogP contribution in [0.15, 0.2) is 24.4 Å². The molecule has 0 bridgehead atoms. The van der Waals surface area contributed by atoms with Crippen LogP contribution in [0.2, 0.25) is 0 Å². The number of benzene rings is 1. The van der Waals surface area contributed by atoms with Crippen molar-refractivity contribution in [1.29, 1.82) is 0 Å². The van der Waals surface area contributed by atoms with Crippen molar-refractivity contribution in [2.75, 3.05) is 13.1 Å². The molecule has 2 fully saturated rings. The van der Waals surface area contributed by atoms with Gasteiger partial charge >= 0.3 is 0 Å². The molecule has 0 saturated heterocycles. The molecule has 2 saturated carbocycles. The summed E-state index contributed by atoms with van der Waals surface area (Å²) < 4.78 is 16.1. The van der Waals surface area contributed by atoms with Crippen LogP contribution in [0.25, 0.3) is 10.9 Å². The predicted molar refractivity (Wildman–Crippen MR) is 132 cm³/mol. The number of nitrogens with one attached hydrogen (secondary N) is 1. The minimum absolute atomic E-state index is 0.00931.